The number of methoxy groups -OCH3 is 1. The Labute approximate surface area is 210 Å². The van der Waals surface area contributed by atoms with Gasteiger partial charge >= 0.3 is 5.97 Å². The second-order valence-electron chi connectivity index (χ2n) is 6.48. The highest BCUT2D eigenvalue weighted by Crippen LogP contribution is 2.38. The third-order valence-electron chi connectivity index (χ3n) is 4.37. The highest BCUT2D eigenvalue weighted by atomic mass is 127. The lowest BCUT2D eigenvalue weighted by atomic mass is 10.2. The summed E-state index contributed by atoms with van der Waals surface area (Å²) in [6.07, 6.45) is 1.55. The quantitative estimate of drug-likeness (QED) is 0.224. The fraction of sp³-hybridized carbons (Fsp3) is 0.190. The Morgan fingerprint density at radius 2 is 1.97 bits per heavy atom. The number of halogens is 3. The van der Waals surface area contributed by atoms with E-state index >= 15 is 0 Å². The molecule has 1 aliphatic heterocycles. The molecule has 2 amide bonds. The highest BCUT2D eigenvalue weighted by molar-refractivity contribution is 14.1. The normalized spacial score (nSPS) is 16.0. The van der Waals surface area contributed by atoms with Gasteiger partial charge in [-0.3, -0.25) is 14.5 Å². The van der Waals surface area contributed by atoms with Crippen LogP contribution in [0.5, 0.6) is 5.75 Å². The van der Waals surface area contributed by atoms with Crippen molar-refractivity contribution in [3.8, 4) is 5.75 Å². The van der Waals surface area contributed by atoms with Gasteiger partial charge in [0.25, 0.3) is 11.1 Å². The van der Waals surface area contributed by atoms with Crippen LogP contribution < -0.4 is 4.74 Å². The lowest BCUT2D eigenvalue weighted by Gasteiger charge is -2.18. The average Bonchev–Trinajstić information content (AvgIpc) is 3.00. The van der Waals surface area contributed by atoms with Crippen LogP contribution >= 0.6 is 61.9 Å². The predicted octanol–water partition coefficient (Wildman–Crippen LogP) is 5.88. The zero-order valence-corrected chi connectivity index (χ0v) is 21.7. The van der Waals surface area contributed by atoms with Gasteiger partial charge in [0.05, 0.1) is 21.5 Å². The molecule has 1 saturated heterocycles. The molecule has 6 nitrogen and oxygen atoms in total. The number of nitrogens with zero attached hydrogens (tertiary/aromatic N) is 1. The van der Waals surface area contributed by atoms with Crippen molar-refractivity contribution in [2.45, 2.75) is 19.6 Å². The van der Waals surface area contributed by atoms with Gasteiger partial charge in [-0.25, -0.2) is 4.79 Å². The number of rotatable bonds is 6. The first-order chi connectivity index (χ1) is 14.7. The van der Waals surface area contributed by atoms with Crippen LogP contribution in [0.15, 0.2) is 45.8 Å². The molecule has 2 aromatic rings. The number of ether oxygens (including phenoxy) is 2. The molecule has 1 atom stereocenters. The summed E-state index contributed by atoms with van der Waals surface area (Å²) in [5, 5.41) is -0.176. The second kappa shape index (κ2) is 10.4. The van der Waals surface area contributed by atoms with Crippen molar-refractivity contribution in [3.05, 3.63) is 65.5 Å². The van der Waals surface area contributed by atoms with E-state index in [1.54, 1.807) is 18.2 Å². The maximum Gasteiger partial charge on any atom is 0.328 e. The Balaban J connectivity index is 1.78. The summed E-state index contributed by atoms with van der Waals surface area (Å²) < 4.78 is 12.2. The molecule has 2 aromatic carbocycles. The summed E-state index contributed by atoms with van der Waals surface area (Å²) in [5.74, 6) is -0.743. The Hall–Kier alpha value is -1.56. The van der Waals surface area contributed by atoms with Gasteiger partial charge in [-0.15, -0.1) is 0 Å². The van der Waals surface area contributed by atoms with E-state index < -0.39 is 23.2 Å². The van der Waals surface area contributed by atoms with Gasteiger partial charge in [0, 0.05) is 3.57 Å². The Morgan fingerprint density at radius 3 is 2.58 bits per heavy atom. The van der Waals surface area contributed by atoms with Crippen LogP contribution in [0.1, 0.15) is 18.1 Å². The first-order valence-corrected chi connectivity index (χ1v) is 12.0. The number of hydrogen-bond donors (Lipinski definition) is 0. The monoisotopic (exact) mass is 635 g/mol. The molecule has 10 heteroatoms. The lowest BCUT2D eigenvalue weighted by molar-refractivity contribution is -0.148. The molecule has 0 spiro atoms. The van der Waals surface area contributed by atoms with Crippen LogP contribution in [0.3, 0.4) is 0 Å². The predicted molar refractivity (Wildman–Crippen MR) is 132 cm³/mol. The minimum Gasteiger partial charge on any atom is -0.486 e. The van der Waals surface area contributed by atoms with E-state index in [-0.39, 0.29) is 4.91 Å². The number of benzene rings is 2. The Bertz CT molecular complexity index is 1050. The van der Waals surface area contributed by atoms with Crippen molar-refractivity contribution < 1.29 is 23.9 Å². The van der Waals surface area contributed by atoms with Gasteiger partial charge in [0.2, 0.25) is 0 Å². The highest BCUT2D eigenvalue weighted by Gasteiger charge is 2.41. The molecule has 31 heavy (non-hydrogen) atoms. The number of carbonyl (C=O) groups excluding carboxylic acids is 3. The maximum absolute atomic E-state index is 12.6. The topological polar surface area (TPSA) is 72.9 Å². The molecule has 0 unspecified atom stereocenters. The summed E-state index contributed by atoms with van der Waals surface area (Å²) in [7, 11) is 1.20. The zero-order chi connectivity index (χ0) is 22.7. The largest absolute Gasteiger partial charge is 0.486 e. The number of hydrogen-bond acceptors (Lipinski definition) is 6. The maximum atomic E-state index is 12.6. The second-order valence-corrected chi connectivity index (χ2v) is 9.98. The van der Waals surface area contributed by atoms with Crippen molar-refractivity contribution in [2.24, 2.45) is 0 Å². The van der Waals surface area contributed by atoms with Crippen LogP contribution in [-0.4, -0.2) is 35.2 Å². The van der Waals surface area contributed by atoms with E-state index in [0.717, 1.165) is 25.8 Å². The molecule has 3 rings (SSSR count). The summed E-state index contributed by atoms with van der Waals surface area (Å²) >= 11 is 12.8. The van der Waals surface area contributed by atoms with Crippen molar-refractivity contribution in [3.63, 3.8) is 0 Å². The molecule has 0 aromatic heterocycles. The Kier molecular flexibility index (Phi) is 8.06. The van der Waals surface area contributed by atoms with Gasteiger partial charge in [-0.2, -0.15) is 0 Å². The molecule has 1 fully saturated rings. The van der Waals surface area contributed by atoms with E-state index in [1.807, 2.05) is 24.3 Å². The number of thioether (sulfide) groups is 1. The van der Waals surface area contributed by atoms with Crippen LogP contribution in [0.25, 0.3) is 6.08 Å². The minimum atomic E-state index is -1.00. The van der Waals surface area contributed by atoms with Crippen LogP contribution in [0.4, 0.5) is 4.79 Å². The molecular weight excluding hydrogens is 621 g/mol. The SMILES string of the molecule is COC(=O)[C@H](C)N1C(=O)S/C(=C/c2cc(Cl)c(OCc3ccc(I)cc3)c(Br)c2)C1=O. The van der Waals surface area contributed by atoms with Crippen molar-refractivity contribution in [2.75, 3.05) is 7.11 Å². The Morgan fingerprint density at radius 1 is 1.29 bits per heavy atom. The number of carbonyl (C=O) groups is 3. The van der Waals surface area contributed by atoms with Gasteiger partial charge in [-0.05, 0) is 98.7 Å². The van der Waals surface area contributed by atoms with Crippen LogP contribution in [0.2, 0.25) is 5.02 Å². The number of amides is 2. The molecule has 1 aliphatic rings. The molecule has 0 aliphatic carbocycles. The van der Waals surface area contributed by atoms with Gasteiger partial charge in [-0.1, -0.05) is 23.7 Å². The van der Waals surface area contributed by atoms with Crippen LogP contribution in [0, 0.1) is 3.57 Å². The fourth-order valence-electron chi connectivity index (χ4n) is 2.78. The summed E-state index contributed by atoms with van der Waals surface area (Å²) in [5.41, 5.74) is 1.61. The molecule has 0 bridgehead atoms. The molecule has 0 N–H and O–H groups in total. The minimum absolute atomic E-state index is 0.191. The van der Waals surface area contributed by atoms with Crippen molar-refractivity contribution in [1.29, 1.82) is 0 Å². The average molecular weight is 637 g/mol. The van der Waals surface area contributed by atoms with E-state index in [4.69, 9.17) is 16.3 Å². The van der Waals surface area contributed by atoms with Crippen molar-refractivity contribution in [1.82, 2.24) is 4.90 Å². The van der Waals surface area contributed by atoms with Gasteiger partial charge < -0.3 is 9.47 Å². The van der Waals surface area contributed by atoms with Crippen molar-refractivity contribution >= 4 is 85.1 Å². The van der Waals surface area contributed by atoms with Gasteiger partial charge in [0.15, 0.2) is 5.75 Å². The smallest absolute Gasteiger partial charge is 0.328 e. The zero-order valence-electron chi connectivity index (χ0n) is 16.4. The third kappa shape index (κ3) is 5.63. The molecule has 0 saturated carbocycles. The van der Waals surface area contributed by atoms with E-state index in [9.17, 15) is 14.4 Å². The lowest BCUT2D eigenvalue weighted by Crippen LogP contribution is -2.42. The molecule has 0 radical (unpaired) electrons. The first kappa shape index (κ1) is 24.1. The number of esters is 1. The van der Waals surface area contributed by atoms with E-state index in [0.29, 0.717) is 27.4 Å². The van der Waals surface area contributed by atoms with Crippen LogP contribution in [-0.2, 0) is 20.9 Å². The van der Waals surface area contributed by atoms with E-state index in [1.165, 1.54) is 14.0 Å². The third-order valence-corrected chi connectivity index (χ3v) is 6.84. The summed E-state index contributed by atoms with van der Waals surface area (Å²) in [6.45, 7) is 1.79. The van der Waals surface area contributed by atoms with Gasteiger partial charge in [0.1, 0.15) is 12.6 Å². The number of imide groups is 1. The summed E-state index contributed by atoms with van der Waals surface area (Å²) in [4.78, 5) is 37.7. The molecule has 1 heterocycles. The van der Waals surface area contributed by atoms with E-state index in [2.05, 4.69) is 43.3 Å². The molecular formula is C21H16BrClINO5S. The standard InChI is InChI=1S/C21H16BrClINO5S/c1-11(20(27)29-2)25-19(26)17(31-21(25)28)9-13-7-15(22)18(16(23)8-13)30-10-12-3-5-14(24)6-4-12/h3-9,11H,10H2,1-2H3/b17-9+/t11-/m0/s1. The summed E-state index contributed by atoms with van der Waals surface area (Å²) in [6, 6.07) is 10.3. The molecule has 162 valence electrons. The fourth-order valence-corrected chi connectivity index (χ4v) is 5.03. The first-order valence-electron chi connectivity index (χ1n) is 8.92.